The highest BCUT2D eigenvalue weighted by atomic mass is 16.5. The van der Waals surface area contributed by atoms with Crippen LogP contribution in [0.5, 0.6) is 5.75 Å². The van der Waals surface area contributed by atoms with Crippen LogP contribution in [0.2, 0.25) is 0 Å². The lowest BCUT2D eigenvalue weighted by molar-refractivity contribution is -0.131. The highest BCUT2D eigenvalue weighted by Gasteiger charge is 2.09. The summed E-state index contributed by atoms with van der Waals surface area (Å²) in [4.78, 5) is 22.7. The van der Waals surface area contributed by atoms with E-state index in [1.807, 2.05) is 6.07 Å². The molecular formula is C17H15NO4. The van der Waals surface area contributed by atoms with Crippen LogP contribution in [0.1, 0.15) is 15.9 Å². The molecule has 0 fully saturated rings. The molecule has 112 valence electrons. The van der Waals surface area contributed by atoms with Crippen molar-refractivity contribution in [1.29, 1.82) is 0 Å². The third-order valence-corrected chi connectivity index (χ3v) is 2.93. The lowest BCUT2D eigenvalue weighted by Gasteiger charge is -2.11. The van der Waals surface area contributed by atoms with Gasteiger partial charge in [0.1, 0.15) is 5.75 Å². The van der Waals surface area contributed by atoms with Crippen molar-refractivity contribution in [3.8, 4) is 5.75 Å². The standard InChI is InChI=1S/C17H15NO4/c1-22-15-9-7-12(8-10-16(19)20)11-14(15)18-17(21)13-5-3-2-4-6-13/h2-11H,1H3,(H,18,21)(H,19,20)/b10-8+. The van der Waals surface area contributed by atoms with Crippen molar-refractivity contribution >= 4 is 23.6 Å². The predicted octanol–water partition coefficient (Wildman–Crippen LogP) is 3.05. The number of benzene rings is 2. The van der Waals surface area contributed by atoms with Crippen LogP contribution in [0, 0.1) is 0 Å². The number of carboxylic acid groups (broad SMARTS) is 1. The van der Waals surface area contributed by atoms with Crippen LogP contribution in [-0.2, 0) is 4.79 Å². The zero-order valence-electron chi connectivity index (χ0n) is 11.9. The number of ether oxygens (including phenoxy) is 1. The molecular weight excluding hydrogens is 282 g/mol. The summed E-state index contributed by atoms with van der Waals surface area (Å²) < 4.78 is 5.21. The molecule has 22 heavy (non-hydrogen) atoms. The summed E-state index contributed by atoms with van der Waals surface area (Å²) >= 11 is 0. The molecule has 0 aliphatic carbocycles. The van der Waals surface area contributed by atoms with E-state index in [9.17, 15) is 9.59 Å². The molecule has 0 unspecified atom stereocenters. The molecule has 0 saturated carbocycles. The molecule has 0 atom stereocenters. The average Bonchev–Trinajstić information content (AvgIpc) is 2.54. The van der Waals surface area contributed by atoms with E-state index in [0.717, 1.165) is 6.08 Å². The Morgan fingerprint density at radius 1 is 1.14 bits per heavy atom. The molecule has 0 bridgehead atoms. The van der Waals surface area contributed by atoms with E-state index < -0.39 is 5.97 Å². The van der Waals surface area contributed by atoms with Crippen LogP contribution in [0.4, 0.5) is 5.69 Å². The average molecular weight is 297 g/mol. The molecule has 2 rings (SSSR count). The van der Waals surface area contributed by atoms with Crippen molar-refractivity contribution in [3.63, 3.8) is 0 Å². The lowest BCUT2D eigenvalue weighted by Crippen LogP contribution is -2.12. The minimum absolute atomic E-state index is 0.265. The maximum absolute atomic E-state index is 12.2. The predicted molar refractivity (Wildman–Crippen MR) is 84.1 cm³/mol. The number of carbonyl (C=O) groups is 2. The second kappa shape index (κ2) is 7.08. The van der Waals surface area contributed by atoms with Crippen LogP contribution in [-0.4, -0.2) is 24.1 Å². The van der Waals surface area contributed by atoms with Crippen molar-refractivity contribution in [3.05, 3.63) is 65.7 Å². The molecule has 0 aliphatic rings. The van der Waals surface area contributed by atoms with Gasteiger partial charge in [-0.05, 0) is 35.9 Å². The van der Waals surface area contributed by atoms with Gasteiger partial charge in [-0.3, -0.25) is 4.79 Å². The van der Waals surface area contributed by atoms with Gasteiger partial charge >= 0.3 is 5.97 Å². The molecule has 2 aromatic rings. The van der Waals surface area contributed by atoms with Gasteiger partial charge in [0.25, 0.3) is 5.91 Å². The van der Waals surface area contributed by atoms with E-state index in [1.165, 1.54) is 13.2 Å². The molecule has 5 nitrogen and oxygen atoms in total. The fourth-order valence-corrected chi connectivity index (χ4v) is 1.88. The van der Waals surface area contributed by atoms with Crippen LogP contribution in [0.15, 0.2) is 54.6 Å². The molecule has 1 amide bonds. The number of amides is 1. The summed E-state index contributed by atoms with van der Waals surface area (Å²) in [6.45, 7) is 0. The topological polar surface area (TPSA) is 75.6 Å². The first-order valence-corrected chi connectivity index (χ1v) is 6.55. The van der Waals surface area contributed by atoms with E-state index >= 15 is 0 Å². The quantitative estimate of drug-likeness (QED) is 0.832. The van der Waals surface area contributed by atoms with Gasteiger partial charge in [-0.15, -0.1) is 0 Å². The maximum atomic E-state index is 12.2. The van der Waals surface area contributed by atoms with E-state index in [0.29, 0.717) is 22.6 Å². The first-order valence-electron chi connectivity index (χ1n) is 6.55. The van der Waals surface area contributed by atoms with Crippen LogP contribution < -0.4 is 10.1 Å². The van der Waals surface area contributed by atoms with Crippen molar-refractivity contribution in [2.24, 2.45) is 0 Å². The Morgan fingerprint density at radius 3 is 2.50 bits per heavy atom. The van der Waals surface area contributed by atoms with Gasteiger partial charge in [-0.25, -0.2) is 4.79 Å². The number of methoxy groups -OCH3 is 1. The van der Waals surface area contributed by atoms with Gasteiger partial charge in [0.15, 0.2) is 0 Å². The number of anilines is 1. The minimum atomic E-state index is -1.04. The van der Waals surface area contributed by atoms with E-state index in [-0.39, 0.29) is 5.91 Å². The Balaban J connectivity index is 2.26. The molecule has 0 aromatic heterocycles. The third-order valence-electron chi connectivity index (χ3n) is 2.93. The van der Waals surface area contributed by atoms with Crippen molar-refractivity contribution < 1.29 is 19.4 Å². The Bertz CT molecular complexity index is 708. The second-order valence-corrected chi connectivity index (χ2v) is 4.45. The highest BCUT2D eigenvalue weighted by molar-refractivity contribution is 6.05. The monoisotopic (exact) mass is 297 g/mol. The lowest BCUT2D eigenvalue weighted by atomic mass is 10.1. The van der Waals surface area contributed by atoms with E-state index in [4.69, 9.17) is 9.84 Å². The summed E-state index contributed by atoms with van der Waals surface area (Å²) in [7, 11) is 1.50. The summed E-state index contributed by atoms with van der Waals surface area (Å²) in [5.41, 5.74) is 1.64. The SMILES string of the molecule is COc1ccc(/C=C/C(=O)O)cc1NC(=O)c1ccccc1. The van der Waals surface area contributed by atoms with Crippen LogP contribution in [0.25, 0.3) is 6.08 Å². The molecule has 0 aliphatic heterocycles. The smallest absolute Gasteiger partial charge is 0.328 e. The van der Waals surface area contributed by atoms with E-state index in [1.54, 1.807) is 42.5 Å². The number of carbonyl (C=O) groups excluding carboxylic acids is 1. The number of carboxylic acids is 1. The number of nitrogens with one attached hydrogen (secondary N) is 1. The maximum Gasteiger partial charge on any atom is 0.328 e. The summed E-state index contributed by atoms with van der Waals surface area (Å²) in [6.07, 6.45) is 2.48. The summed E-state index contributed by atoms with van der Waals surface area (Å²) in [5.74, 6) is -0.805. The molecule has 2 aromatic carbocycles. The Morgan fingerprint density at radius 2 is 1.86 bits per heavy atom. The first-order chi connectivity index (χ1) is 10.6. The molecule has 2 N–H and O–H groups in total. The zero-order chi connectivity index (χ0) is 15.9. The first kappa shape index (κ1) is 15.3. The fourth-order valence-electron chi connectivity index (χ4n) is 1.88. The Kier molecular flexibility index (Phi) is 4.93. The van der Waals surface area contributed by atoms with Gasteiger partial charge in [0.05, 0.1) is 12.8 Å². The van der Waals surface area contributed by atoms with Crippen molar-refractivity contribution in [1.82, 2.24) is 0 Å². The number of hydrogen-bond acceptors (Lipinski definition) is 3. The van der Waals surface area contributed by atoms with Gasteiger partial charge in [-0.1, -0.05) is 24.3 Å². The molecule has 0 saturated heterocycles. The second-order valence-electron chi connectivity index (χ2n) is 4.45. The van der Waals surface area contributed by atoms with Crippen molar-refractivity contribution in [2.45, 2.75) is 0 Å². The van der Waals surface area contributed by atoms with Gasteiger partial charge in [-0.2, -0.15) is 0 Å². The normalized spacial score (nSPS) is 10.4. The minimum Gasteiger partial charge on any atom is -0.495 e. The molecule has 0 heterocycles. The fraction of sp³-hybridized carbons (Fsp3) is 0.0588. The molecule has 5 heteroatoms. The molecule has 0 radical (unpaired) electrons. The largest absolute Gasteiger partial charge is 0.495 e. The number of rotatable bonds is 5. The number of aliphatic carboxylic acids is 1. The van der Waals surface area contributed by atoms with Crippen LogP contribution >= 0.6 is 0 Å². The highest BCUT2D eigenvalue weighted by Crippen LogP contribution is 2.26. The number of hydrogen-bond donors (Lipinski definition) is 2. The van der Waals surface area contributed by atoms with Crippen molar-refractivity contribution in [2.75, 3.05) is 12.4 Å². The Hall–Kier alpha value is -3.08. The summed E-state index contributed by atoms with van der Waals surface area (Å²) in [5, 5.41) is 11.4. The third kappa shape index (κ3) is 3.96. The van der Waals surface area contributed by atoms with E-state index in [2.05, 4.69) is 5.32 Å². The van der Waals surface area contributed by atoms with Crippen LogP contribution in [0.3, 0.4) is 0 Å². The summed E-state index contributed by atoms with van der Waals surface area (Å²) in [6, 6.07) is 13.8. The van der Waals surface area contributed by atoms with Gasteiger partial charge in [0.2, 0.25) is 0 Å². The molecule has 0 spiro atoms. The zero-order valence-corrected chi connectivity index (χ0v) is 11.9. The van der Waals surface area contributed by atoms with Gasteiger partial charge < -0.3 is 15.2 Å². The van der Waals surface area contributed by atoms with Gasteiger partial charge in [0, 0.05) is 11.6 Å². The Labute approximate surface area is 127 Å².